The number of phenols is 1. The lowest BCUT2D eigenvalue weighted by Crippen LogP contribution is -1.77. The number of benzene rings is 1. The second kappa shape index (κ2) is 4.27. The van der Waals surface area contributed by atoms with Crippen LogP contribution < -0.4 is 0 Å². The zero-order chi connectivity index (χ0) is 11.5. The van der Waals surface area contributed by atoms with Crippen molar-refractivity contribution >= 4 is 17.0 Å². The Balaban J connectivity index is 2.58. The molecular weight excluding hydrogens is 200 g/mol. The molecule has 1 aromatic carbocycles. The number of allylic oxidation sites excluding steroid dienone is 3. The fourth-order valence-corrected chi connectivity index (χ4v) is 1.71. The van der Waals surface area contributed by atoms with E-state index >= 15 is 0 Å². The third-order valence-electron chi connectivity index (χ3n) is 2.58. The normalized spacial score (nSPS) is 12.1. The molecule has 16 heavy (non-hydrogen) atoms. The maximum atomic E-state index is 9.65. The van der Waals surface area contributed by atoms with E-state index in [0.717, 1.165) is 22.1 Å². The minimum absolute atomic E-state index is 0.301. The minimum atomic E-state index is 0.301. The van der Waals surface area contributed by atoms with Crippen molar-refractivity contribution in [1.29, 1.82) is 0 Å². The average molecular weight is 214 g/mol. The maximum absolute atomic E-state index is 9.65. The van der Waals surface area contributed by atoms with E-state index in [9.17, 15) is 5.11 Å². The maximum Gasteiger partial charge on any atom is 0.135 e. The summed E-state index contributed by atoms with van der Waals surface area (Å²) in [5, 5.41) is 10.6. The van der Waals surface area contributed by atoms with E-state index in [-0.39, 0.29) is 0 Å². The Kier molecular flexibility index (Phi) is 2.82. The van der Waals surface area contributed by atoms with Crippen LogP contribution in [-0.4, -0.2) is 5.11 Å². The monoisotopic (exact) mass is 214 g/mol. The molecule has 1 heterocycles. The number of hydrogen-bond donors (Lipinski definition) is 1. The van der Waals surface area contributed by atoms with Gasteiger partial charge in [0.25, 0.3) is 0 Å². The topological polar surface area (TPSA) is 33.4 Å². The van der Waals surface area contributed by atoms with Gasteiger partial charge in [-0.15, -0.1) is 0 Å². The first kappa shape index (κ1) is 10.6. The van der Waals surface area contributed by atoms with Crippen molar-refractivity contribution in [2.24, 2.45) is 0 Å². The Hall–Kier alpha value is -1.96. The van der Waals surface area contributed by atoms with E-state index in [1.54, 1.807) is 18.4 Å². The summed E-state index contributed by atoms with van der Waals surface area (Å²) < 4.78 is 5.43. The zero-order valence-corrected chi connectivity index (χ0v) is 9.40. The number of rotatable bonds is 2. The number of furan rings is 1. The predicted octanol–water partition coefficient (Wildman–Crippen LogP) is 4.04. The molecule has 0 aliphatic carbocycles. The zero-order valence-electron chi connectivity index (χ0n) is 9.40. The van der Waals surface area contributed by atoms with E-state index in [4.69, 9.17) is 4.42 Å². The van der Waals surface area contributed by atoms with Crippen molar-refractivity contribution in [1.82, 2.24) is 0 Å². The molecule has 82 valence electrons. The van der Waals surface area contributed by atoms with Crippen LogP contribution in [-0.2, 0) is 0 Å². The second-order valence-electron chi connectivity index (χ2n) is 3.66. The molecule has 0 bridgehead atoms. The van der Waals surface area contributed by atoms with E-state index in [1.165, 1.54) is 0 Å². The third-order valence-corrected chi connectivity index (χ3v) is 2.58. The van der Waals surface area contributed by atoms with Crippen LogP contribution >= 0.6 is 0 Å². The van der Waals surface area contributed by atoms with Crippen LogP contribution in [0, 0.1) is 6.92 Å². The summed E-state index contributed by atoms with van der Waals surface area (Å²) in [4.78, 5) is 0. The van der Waals surface area contributed by atoms with Gasteiger partial charge in [-0.2, -0.15) is 0 Å². The first-order valence-electron chi connectivity index (χ1n) is 5.23. The quantitative estimate of drug-likeness (QED) is 0.765. The van der Waals surface area contributed by atoms with E-state index in [0.29, 0.717) is 5.75 Å². The first-order valence-corrected chi connectivity index (χ1v) is 5.23. The fraction of sp³-hybridized carbons (Fsp3) is 0.143. The number of phenolic OH excluding ortho intramolecular Hbond substituents is 1. The Morgan fingerprint density at radius 1 is 1.25 bits per heavy atom. The van der Waals surface area contributed by atoms with Crippen LogP contribution in [0.1, 0.15) is 18.1 Å². The molecule has 0 amide bonds. The summed E-state index contributed by atoms with van der Waals surface area (Å²) in [7, 11) is 0. The van der Waals surface area contributed by atoms with Gasteiger partial charge in [-0.05, 0) is 26.0 Å². The molecule has 2 aromatic rings. The fourth-order valence-electron chi connectivity index (χ4n) is 1.71. The molecule has 0 radical (unpaired) electrons. The summed E-state index contributed by atoms with van der Waals surface area (Å²) in [5.74, 6) is 0.301. The summed E-state index contributed by atoms with van der Waals surface area (Å²) in [6.07, 6.45) is 9.54. The summed E-state index contributed by atoms with van der Waals surface area (Å²) >= 11 is 0. The van der Waals surface area contributed by atoms with Crippen molar-refractivity contribution in [3.63, 3.8) is 0 Å². The first-order chi connectivity index (χ1) is 7.74. The van der Waals surface area contributed by atoms with Crippen molar-refractivity contribution < 1.29 is 9.52 Å². The van der Waals surface area contributed by atoms with Crippen LogP contribution in [0.25, 0.3) is 17.0 Å². The SMILES string of the molecule is C/C=C\C=C/c1coc2ccc(O)c(C)c12. The number of hydrogen-bond acceptors (Lipinski definition) is 2. The smallest absolute Gasteiger partial charge is 0.135 e. The van der Waals surface area contributed by atoms with Crippen LogP contribution in [0.5, 0.6) is 5.75 Å². The lowest BCUT2D eigenvalue weighted by Gasteiger charge is -1.99. The minimum Gasteiger partial charge on any atom is -0.508 e. The van der Waals surface area contributed by atoms with Crippen LogP contribution in [0.2, 0.25) is 0 Å². The highest BCUT2D eigenvalue weighted by Gasteiger charge is 2.08. The Labute approximate surface area is 94.5 Å². The number of aryl methyl sites for hydroxylation is 1. The van der Waals surface area contributed by atoms with Gasteiger partial charge in [-0.1, -0.05) is 24.3 Å². The van der Waals surface area contributed by atoms with Crippen LogP contribution in [0.4, 0.5) is 0 Å². The van der Waals surface area contributed by atoms with Gasteiger partial charge in [0.05, 0.1) is 6.26 Å². The summed E-state index contributed by atoms with van der Waals surface area (Å²) in [6, 6.07) is 3.44. The molecule has 2 heteroatoms. The number of fused-ring (bicyclic) bond motifs is 1. The van der Waals surface area contributed by atoms with Gasteiger partial charge in [-0.3, -0.25) is 0 Å². The highest BCUT2D eigenvalue weighted by atomic mass is 16.3. The average Bonchev–Trinajstić information content (AvgIpc) is 2.68. The van der Waals surface area contributed by atoms with Crippen molar-refractivity contribution in [3.05, 3.63) is 47.8 Å². The molecule has 0 unspecified atom stereocenters. The van der Waals surface area contributed by atoms with E-state index in [1.807, 2.05) is 38.2 Å². The van der Waals surface area contributed by atoms with Gasteiger partial charge in [-0.25, -0.2) is 0 Å². The van der Waals surface area contributed by atoms with E-state index in [2.05, 4.69) is 0 Å². The Morgan fingerprint density at radius 2 is 2.06 bits per heavy atom. The molecule has 0 atom stereocenters. The van der Waals surface area contributed by atoms with Gasteiger partial charge in [0.2, 0.25) is 0 Å². The van der Waals surface area contributed by atoms with Crippen molar-refractivity contribution in [2.45, 2.75) is 13.8 Å². The van der Waals surface area contributed by atoms with Gasteiger partial charge >= 0.3 is 0 Å². The molecule has 1 aromatic heterocycles. The Morgan fingerprint density at radius 3 is 2.81 bits per heavy atom. The van der Waals surface area contributed by atoms with Crippen molar-refractivity contribution in [2.75, 3.05) is 0 Å². The summed E-state index contributed by atoms with van der Waals surface area (Å²) in [6.45, 7) is 3.86. The molecule has 0 saturated heterocycles. The Bertz CT molecular complexity index is 559. The van der Waals surface area contributed by atoms with Crippen LogP contribution in [0.15, 0.2) is 41.0 Å². The molecule has 2 nitrogen and oxygen atoms in total. The van der Waals surface area contributed by atoms with Gasteiger partial charge in [0.1, 0.15) is 11.3 Å². The predicted molar refractivity (Wildman–Crippen MR) is 66.5 cm³/mol. The summed E-state index contributed by atoms with van der Waals surface area (Å²) in [5.41, 5.74) is 2.64. The molecular formula is C14H14O2. The molecule has 0 aliphatic heterocycles. The van der Waals surface area contributed by atoms with Crippen molar-refractivity contribution in [3.8, 4) is 5.75 Å². The molecule has 2 rings (SSSR count). The number of aromatic hydroxyl groups is 1. The molecule has 0 spiro atoms. The van der Waals surface area contributed by atoms with Gasteiger partial charge in [0, 0.05) is 16.5 Å². The second-order valence-corrected chi connectivity index (χ2v) is 3.66. The van der Waals surface area contributed by atoms with Crippen LogP contribution in [0.3, 0.4) is 0 Å². The lowest BCUT2D eigenvalue weighted by molar-refractivity contribution is 0.472. The van der Waals surface area contributed by atoms with E-state index < -0.39 is 0 Å². The highest BCUT2D eigenvalue weighted by molar-refractivity contribution is 5.91. The van der Waals surface area contributed by atoms with Gasteiger partial charge in [0.15, 0.2) is 0 Å². The molecule has 0 aliphatic rings. The molecule has 0 fully saturated rings. The lowest BCUT2D eigenvalue weighted by atomic mass is 10.1. The molecule has 1 N–H and O–H groups in total. The van der Waals surface area contributed by atoms with Gasteiger partial charge < -0.3 is 9.52 Å². The largest absolute Gasteiger partial charge is 0.508 e. The molecule has 0 saturated carbocycles. The third kappa shape index (κ3) is 1.74. The highest BCUT2D eigenvalue weighted by Crippen LogP contribution is 2.31. The standard InChI is InChI=1S/C14H14O2/c1-3-4-5-6-11-9-16-13-8-7-12(15)10(2)14(11)13/h3-9,15H,1-2H3/b4-3-,6-5-.